The Morgan fingerprint density at radius 1 is 1.23 bits per heavy atom. The minimum Gasteiger partial charge on any atom is -0.480 e. The molecule has 0 bridgehead atoms. The molecule has 0 aliphatic heterocycles. The highest BCUT2D eigenvalue weighted by molar-refractivity contribution is 7.89. The molecule has 1 aromatic heterocycles. The van der Waals surface area contributed by atoms with Gasteiger partial charge in [-0.05, 0) is 38.1 Å². The zero-order valence-corrected chi connectivity index (χ0v) is 15.0. The maximum atomic E-state index is 12.1. The topological polar surface area (TPSA) is 143 Å². The summed E-state index contributed by atoms with van der Waals surface area (Å²) < 4.78 is 27.7. The third kappa shape index (κ3) is 5.36. The molecule has 1 aromatic carbocycles. The average Bonchev–Trinajstić information content (AvgIpc) is 2.98. The van der Waals surface area contributed by atoms with Crippen LogP contribution in [0.15, 0.2) is 35.4 Å². The van der Waals surface area contributed by atoms with Gasteiger partial charge in [-0.1, -0.05) is 5.21 Å². The van der Waals surface area contributed by atoms with Gasteiger partial charge in [0.05, 0.1) is 17.6 Å². The molecule has 2 rings (SSSR count). The second kappa shape index (κ2) is 8.06. The maximum Gasteiger partial charge on any atom is 0.325 e. The zero-order chi connectivity index (χ0) is 19.3. The molecule has 0 saturated carbocycles. The van der Waals surface area contributed by atoms with E-state index in [-0.39, 0.29) is 29.6 Å². The number of carbonyl (C=O) groups is 2. The first-order valence-corrected chi connectivity index (χ1v) is 9.17. The third-order valence-electron chi connectivity index (χ3n) is 3.13. The fourth-order valence-corrected chi connectivity index (χ4v) is 3.32. The highest BCUT2D eigenvalue weighted by atomic mass is 32.2. The molecule has 3 N–H and O–H groups in total. The van der Waals surface area contributed by atoms with Crippen molar-refractivity contribution in [2.24, 2.45) is 0 Å². The van der Waals surface area contributed by atoms with Gasteiger partial charge in [0.2, 0.25) is 10.0 Å². The lowest BCUT2D eigenvalue weighted by molar-refractivity contribution is -0.137. The molecule has 1 heterocycles. The first-order valence-electron chi connectivity index (χ1n) is 7.69. The van der Waals surface area contributed by atoms with Crippen LogP contribution in [0.25, 0.3) is 0 Å². The average molecular weight is 381 g/mol. The number of sulfonamides is 1. The molecule has 0 radical (unpaired) electrons. The Kier molecular flexibility index (Phi) is 6.05. The fraction of sp³-hybridized carbons (Fsp3) is 0.333. The zero-order valence-electron chi connectivity index (χ0n) is 14.2. The number of carboxylic acids is 1. The largest absolute Gasteiger partial charge is 0.480 e. The maximum absolute atomic E-state index is 12.1. The van der Waals surface area contributed by atoms with Gasteiger partial charge in [-0.2, -0.15) is 0 Å². The molecular formula is C15H19N5O5S. The highest BCUT2D eigenvalue weighted by Crippen LogP contribution is 2.11. The van der Waals surface area contributed by atoms with E-state index in [1.165, 1.54) is 30.5 Å². The lowest BCUT2D eigenvalue weighted by atomic mass is 10.2. The molecule has 0 fully saturated rings. The molecular weight excluding hydrogens is 362 g/mol. The third-order valence-corrected chi connectivity index (χ3v) is 4.81. The molecule has 2 aromatic rings. The Morgan fingerprint density at radius 3 is 2.46 bits per heavy atom. The van der Waals surface area contributed by atoms with Gasteiger partial charge in [0, 0.05) is 11.6 Å². The van der Waals surface area contributed by atoms with Crippen molar-refractivity contribution < 1.29 is 23.1 Å². The van der Waals surface area contributed by atoms with Crippen molar-refractivity contribution >= 4 is 21.9 Å². The van der Waals surface area contributed by atoms with E-state index in [4.69, 9.17) is 5.11 Å². The predicted octanol–water partition coefficient (Wildman–Crippen LogP) is -0.0206. The molecule has 1 amide bonds. The van der Waals surface area contributed by atoms with Gasteiger partial charge in [-0.15, -0.1) is 5.10 Å². The number of nitrogens with one attached hydrogen (secondary N) is 2. The van der Waals surface area contributed by atoms with Crippen LogP contribution in [0.3, 0.4) is 0 Å². The number of benzene rings is 1. The second-order valence-corrected chi connectivity index (χ2v) is 7.50. The standard InChI is InChI=1S/C15H19N5O5S/c1-10(2)18-26(24,25)13-5-3-11(4-6-13)15(23)16-7-12-8-20(19-17-12)9-14(21)22/h3-6,8,10,18H,7,9H2,1-2H3,(H,16,23)(H,21,22). The first kappa shape index (κ1) is 19.5. The Bertz CT molecular complexity index is 889. The van der Waals surface area contributed by atoms with E-state index in [1.54, 1.807) is 13.8 Å². The quantitative estimate of drug-likeness (QED) is 0.583. The van der Waals surface area contributed by atoms with Crippen LogP contribution >= 0.6 is 0 Å². The van der Waals surface area contributed by atoms with Crippen LogP contribution in [0, 0.1) is 0 Å². The van der Waals surface area contributed by atoms with Gasteiger partial charge in [0.15, 0.2) is 0 Å². The second-order valence-electron chi connectivity index (χ2n) is 5.78. The van der Waals surface area contributed by atoms with Gasteiger partial charge in [-0.25, -0.2) is 17.8 Å². The summed E-state index contributed by atoms with van der Waals surface area (Å²) in [6.45, 7) is 3.17. The Labute approximate surface area is 150 Å². The van der Waals surface area contributed by atoms with E-state index >= 15 is 0 Å². The van der Waals surface area contributed by atoms with Crippen molar-refractivity contribution in [2.45, 2.75) is 37.9 Å². The first-order chi connectivity index (χ1) is 12.2. The van der Waals surface area contributed by atoms with Gasteiger partial charge in [0.25, 0.3) is 5.91 Å². The van der Waals surface area contributed by atoms with Gasteiger partial charge in [0.1, 0.15) is 12.2 Å². The summed E-state index contributed by atoms with van der Waals surface area (Å²) in [7, 11) is -3.62. The van der Waals surface area contributed by atoms with E-state index in [0.29, 0.717) is 5.69 Å². The molecule has 11 heteroatoms. The molecule has 0 aliphatic rings. The number of rotatable bonds is 8. The van der Waals surface area contributed by atoms with E-state index in [2.05, 4.69) is 20.4 Å². The predicted molar refractivity (Wildman–Crippen MR) is 90.7 cm³/mol. The monoisotopic (exact) mass is 381 g/mol. The molecule has 10 nitrogen and oxygen atoms in total. The van der Waals surface area contributed by atoms with Crippen molar-refractivity contribution in [1.29, 1.82) is 0 Å². The summed E-state index contributed by atoms with van der Waals surface area (Å²) in [4.78, 5) is 22.8. The lowest BCUT2D eigenvalue weighted by Gasteiger charge is -2.10. The van der Waals surface area contributed by atoms with Crippen molar-refractivity contribution in [3.8, 4) is 0 Å². The van der Waals surface area contributed by atoms with Crippen LogP contribution in [0.1, 0.15) is 29.9 Å². The van der Waals surface area contributed by atoms with Crippen molar-refractivity contribution in [1.82, 2.24) is 25.0 Å². The number of carbonyl (C=O) groups excluding carboxylic acids is 1. The van der Waals surface area contributed by atoms with E-state index in [9.17, 15) is 18.0 Å². The number of aliphatic carboxylic acids is 1. The van der Waals surface area contributed by atoms with Crippen LogP contribution in [0.5, 0.6) is 0 Å². The van der Waals surface area contributed by atoms with Crippen LogP contribution < -0.4 is 10.0 Å². The summed E-state index contributed by atoms with van der Waals surface area (Å²) in [6, 6.07) is 5.28. The number of amides is 1. The Balaban J connectivity index is 1.97. The summed E-state index contributed by atoms with van der Waals surface area (Å²) in [5.74, 6) is -1.47. The van der Waals surface area contributed by atoms with Crippen LogP contribution in [0.2, 0.25) is 0 Å². The highest BCUT2D eigenvalue weighted by Gasteiger charge is 2.16. The van der Waals surface area contributed by atoms with Gasteiger partial charge >= 0.3 is 5.97 Å². The molecule has 0 atom stereocenters. The van der Waals surface area contributed by atoms with E-state index < -0.39 is 21.9 Å². The summed E-state index contributed by atoms with van der Waals surface area (Å²) in [5.41, 5.74) is 0.686. The van der Waals surface area contributed by atoms with Crippen molar-refractivity contribution in [2.75, 3.05) is 0 Å². The fourth-order valence-electron chi connectivity index (χ4n) is 2.07. The molecule has 0 unspecified atom stereocenters. The number of hydrogen-bond acceptors (Lipinski definition) is 6. The van der Waals surface area contributed by atoms with E-state index in [1.807, 2.05) is 0 Å². The van der Waals surface area contributed by atoms with Crippen LogP contribution in [-0.2, 0) is 27.9 Å². The lowest BCUT2D eigenvalue weighted by Crippen LogP contribution is -2.30. The SMILES string of the molecule is CC(C)NS(=O)(=O)c1ccc(C(=O)NCc2cn(CC(=O)O)nn2)cc1. The van der Waals surface area contributed by atoms with Crippen molar-refractivity contribution in [3.05, 3.63) is 41.7 Å². The van der Waals surface area contributed by atoms with Crippen LogP contribution in [0.4, 0.5) is 0 Å². The Hall–Kier alpha value is -2.79. The number of nitrogens with zero attached hydrogens (tertiary/aromatic N) is 3. The smallest absolute Gasteiger partial charge is 0.325 e. The normalized spacial score (nSPS) is 11.5. The summed E-state index contributed by atoms with van der Waals surface area (Å²) >= 11 is 0. The number of carboxylic acid groups (broad SMARTS) is 1. The van der Waals surface area contributed by atoms with Gasteiger partial charge in [-0.3, -0.25) is 9.59 Å². The Morgan fingerprint density at radius 2 is 1.88 bits per heavy atom. The van der Waals surface area contributed by atoms with Gasteiger partial charge < -0.3 is 10.4 Å². The summed E-state index contributed by atoms with van der Waals surface area (Å²) in [6.07, 6.45) is 1.42. The molecule has 0 spiro atoms. The van der Waals surface area contributed by atoms with Crippen LogP contribution in [-0.4, -0.2) is 46.4 Å². The molecule has 0 saturated heterocycles. The minimum absolute atomic E-state index is 0.0629. The molecule has 0 aliphatic carbocycles. The number of aromatic nitrogens is 3. The minimum atomic E-state index is -3.62. The molecule has 140 valence electrons. The molecule has 26 heavy (non-hydrogen) atoms. The van der Waals surface area contributed by atoms with E-state index in [0.717, 1.165) is 4.68 Å². The summed E-state index contributed by atoms with van der Waals surface area (Å²) in [5, 5.41) is 18.7. The number of hydrogen-bond donors (Lipinski definition) is 3. The van der Waals surface area contributed by atoms with Crippen molar-refractivity contribution in [3.63, 3.8) is 0 Å².